The highest BCUT2D eigenvalue weighted by atomic mass is 19.4. The number of benzene rings is 2. The summed E-state index contributed by atoms with van der Waals surface area (Å²) in [6.45, 7) is 4.86. The van der Waals surface area contributed by atoms with Crippen LogP contribution < -0.4 is 9.91 Å². The first-order chi connectivity index (χ1) is 15.3. The molecule has 0 aliphatic carbocycles. The van der Waals surface area contributed by atoms with Crippen LogP contribution in [0.3, 0.4) is 0 Å². The van der Waals surface area contributed by atoms with E-state index in [9.17, 15) is 23.3 Å². The van der Waals surface area contributed by atoms with Crippen LogP contribution in [0.2, 0.25) is 0 Å². The third-order valence-electron chi connectivity index (χ3n) is 5.93. The number of halogens is 3. The summed E-state index contributed by atoms with van der Waals surface area (Å²) in [6, 6.07) is 12.3. The molecule has 1 aliphatic rings. The molecule has 4 rings (SSSR count). The first-order valence-corrected chi connectivity index (χ1v) is 10.7. The summed E-state index contributed by atoms with van der Waals surface area (Å²) in [7, 11) is 0. The van der Waals surface area contributed by atoms with Gasteiger partial charge < -0.3 is 9.91 Å². The van der Waals surface area contributed by atoms with Crippen LogP contribution in [0.1, 0.15) is 31.0 Å². The molecule has 9 heteroatoms. The van der Waals surface area contributed by atoms with Crippen molar-refractivity contribution >= 4 is 22.3 Å². The molecule has 2 heterocycles. The van der Waals surface area contributed by atoms with E-state index in [1.54, 1.807) is 12.1 Å². The van der Waals surface area contributed by atoms with Crippen LogP contribution in [0.25, 0.3) is 10.9 Å². The smallest absolute Gasteiger partial charge is 0.368 e. The third kappa shape index (κ3) is 4.37. The predicted octanol–water partition coefficient (Wildman–Crippen LogP) is 5.37. The fourth-order valence-electron chi connectivity index (χ4n) is 4.24. The second-order valence-corrected chi connectivity index (χ2v) is 8.04. The molecule has 0 atom stereocenters. The van der Waals surface area contributed by atoms with Crippen molar-refractivity contribution in [3.63, 3.8) is 0 Å². The Kier molecular flexibility index (Phi) is 5.99. The second kappa shape index (κ2) is 8.72. The van der Waals surface area contributed by atoms with E-state index in [2.05, 4.69) is 21.5 Å². The lowest BCUT2D eigenvalue weighted by atomic mass is 10.1. The SMILES string of the molecule is CCCCc1cc2cc([N+](=O)[O-])ccc2n1N1CCN(c2ccc(C(F)(F)F)cc2)CC1. The number of fused-ring (bicyclic) bond motifs is 1. The Labute approximate surface area is 184 Å². The number of hydrogen-bond donors (Lipinski definition) is 0. The molecule has 2 aromatic carbocycles. The molecule has 0 radical (unpaired) electrons. The molecule has 6 nitrogen and oxygen atoms in total. The second-order valence-electron chi connectivity index (χ2n) is 8.04. The van der Waals surface area contributed by atoms with Gasteiger partial charge in [0.15, 0.2) is 0 Å². The number of unbranched alkanes of at least 4 members (excludes halogenated alkanes) is 1. The lowest BCUT2D eigenvalue weighted by Gasteiger charge is -2.39. The molecule has 0 N–H and O–H groups in total. The Morgan fingerprint density at radius 1 is 1.00 bits per heavy atom. The van der Waals surface area contributed by atoms with E-state index in [0.717, 1.165) is 53.7 Å². The van der Waals surface area contributed by atoms with Crippen molar-refractivity contribution in [3.8, 4) is 0 Å². The van der Waals surface area contributed by atoms with Crippen molar-refractivity contribution in [1.82, 2.24) is 4.68 Å². The van der Waals surface area contributed by atoms with Crippen LogP contribution in [0.5, 0.6) is 0 Å². The number of hydrogen-bond acceptors (Lipinski definition) is 4. The molecule has 1 aromatic heterocycles. The summed E-state index contributed by atoms with van der Waals surface area (Å²) in [5.74, 6) is 0. The fraction of sp³-hybridized carbons (Fsp3) is 0.391. The normalized spacial score (nSPS) is 14.9. The van der Waals surface area contributed by atoms with Gasteiger partial charge in [0.2, 0.25) is 0 Å². The van der Waals surface area contributed by atoms with Crippen molar-refractivity contribution in [2.75, 3.05) is 36.1 Å². The average Bonchev–Trinajstić information content (AvgIpc) is 3.14. The Bertz CT molecular complexity index is 1100. The zero-order valence-electron chi connectivity index (χ0n) is 17.8. The minimum atomic E-state index is -4.34. The van der Waals surface area contributed by atoms with Gasteiger partial charge >= 0.3 is 6.18 Å². The molecule has 0 spiro atoms. The van der Waals surface area contributed by atoms with E-state index in [-0.39, 0.29) is 10.6 Å². The van der Waals surface area contributed by atoms with E-state index in [0.29, 0.717) is 26.2 Å². The number of piperazine rings is 1. The zero-order chi connectivity index (χ0) is 22.9. The van der Waals surface area contributed by atoms with E-state index >= 15 is 0 Å². The Balaban J connectivity index is 1.55. The fourth-order valence-corrected chi connectivity index (χ4v) is 4.24. The van der Waals surface area contributed by atoms with Crippen LogP contribution >= 0.6 is 0 Å². The summed E-state index contributed by atoms with van der Waals surface area (Å²) >= 11 is 0. The lowest BCUT2D eigenvalue weighted by Crippen LogP contribution is -2.51. The van der Waals surface area contributed by atoms with Crippen molar-refractivity contribution in [2.24, 2.45) is 0 Å². The van der Waals surface area contributed by atoms with Gasteiger partial charge in [-0.2, -0.15) is 13.2 Å². The Morgan fingerprint density at radius 2 is 1.69 bits per heavy atom. The maximum atomic E-state index is 12.8. The maximum absolute atomic E-state index is 12.8. The van der Waals surface area contributed by atoms with Crippen molar-refractivity contribution in [2.45, 2.75) is 32.4 Å². The Morgan fingerprint density at radius 3 is 2.28 bits per heavy atom. The van der Waals surface area contributed by atoms with Crippen LogP contribution in [-0.4, -0.2) is 35.8 Å². The largest absolute Gasteiger partial charge is 0.416 e. The van der Waals surface area contributed by atoms with E-state index in [1.807, 2.05) is 6.07 Å². The maximum Gasteiger partial charge on any atom is 0.416 e. The van der Waals surface area contributed by atoms with Crippen molar-refractivity contribution < 1.29 is 18.1 Å². The molecule has 0 bridgehead atoms. The number of aromatic nitrogens is 1. The topological polar surface area (TPSA) is 54.6 Å². The van der Waals surface area contributed by atoms with Crippen LogP contribution in [0.4, 0.5) is 24.5 Å². The number of anilines is 1. The van der Waals surface area contributed by atoms with Crippen LogP contribution in [0.15, 0.2) is 48.5 Å². The summed E-state index contributed by atoms with van der Waals surface area (Å²) in [5.41, 5.74) is 2.25. The van der Waals surface area contributed by atoms with Gasteiger partial charge in [-0.25, -0.2) is 0 Å². The summed E-state index contributed by atoms with van der Waals surface area (Å²) in [4.78, 5) is 12.9. The van der Waals surface area contributed by atoms with Crippen LogP contribution in [0, 0.1) is 10.1 Å². The molecular formula is C23H25F3N4O2. The summed E-state index contributed by atoms with van der Waals surface area (Å²) in [6.07, 6.45) is -1.40. The minimum absolute atomic E-state index is 0.0730. The average molecular weight is 446 g/mol. The van der Waals surface area contributed by atoms with Gasteiger partial charge in [0, 0.05) is 42.0 Å². The summed E-state index contributed by atoms with van der Waals surface area (Å²) < 4.78 is 40.7. The molecular weight excluding hydrogens is 421 g/mol. The monoisotopic (exact) mass is 446 g/mol. The van der Waals surface area contributed by atoms with E-state index in [1.165, 1.54) is 18.2 Å². The number of aryl methyl sites for hydroxylation is 1. The number of nitro benzene ring substituents is 1. The highest BCUT2D eigenvalue weighted by Crippen LogP contribution is 2.31. The first-order valence-electron chi connectivity index (χ1n) is 10.7. The number of rotatable bonds is 6. The molecule has 1 saturated heterocycles. The lowest BCUT2D eigenvalue weighted by molar-refractivity contribution is -0.384. The Hall–Kier alpha value is -3.23. The third-order valence-corrected chi connectivity index (χ3v) is 5.93. The van der Waals surface area contributed by atoms with Gasteiger partial charge in [-0.15, -0.1) is 0 Å². The zero-order valence-corrected chi connectivity index (χ0v) is 17.8. The summed E-state index contributed by atoms with van der Waals surface area (Å²) in [5, 5.41) is 14.2. The number of nitro groups is 1. The molecule has 1 aliphatic heterocycles. The van der Waals surface area contributed by atoms with Gasteiger partial charge in [0.05, 0.1) is 29.1 Å². The van der Waals surface area contributed by atoms with Gasteiger partial charge in [0.1, 0.15) is 0 Å². The molecule has 32 heavy (non-hydrogen) atoms. The number of nitrogens with zero attached hydrogens (tertiary/aromatic N) is 4. The quantitative estimate of drug-likeness (QED) is 0.377. The van der Waals surface area contributed by atoms with Crippen LogP contribution in [-0.2, 0) is 12.6 Å². The van der Waals surface area contributed by atoms with Gasteiger partial charge in [-0.3, -0.25) is 14.8 Å². The molecule has 3 aromatic rings. The molecule has 0 amide bonds. The highest BCUT2D eigenvalue weighted by Gasteiger charge is 2.30. The van der Waals surface area contributed by atoms with Crippen molar-refractivity contribution in [1.29, 1.82) is 0 Å². The number of non-ortho nitro benzene ring substituents is 1. The standard InChI is InChI=1S/C23H25F3N4O2/c1-2-3-4-20-15-17-16-21(30(31)32)9-10-22(17)29(20)28-13-11-27(12-14-28)19-7-5-18(6-8-19)23(24,25)26/h5-10,15-16H,2-4,11-14H2,1H3. The predicted molar refractivity (Wildman–Crippen MR) is 119 cm³/mol. The molecule has 1 fully saturated rings. The first kappa shape index (κ1) is 22.0. The molecule has 170 valence electrons. The van der Waals surface area contributed by atoms with Gasteiger partial charge in [0.25, 0.3) is 5.69 Å². The highest BCUT2D eigenvalue weighted by molar-refractivity contribution is 5.84. The van der Waals surface area contributed by atoms with Gasteiger partial charge in [-0.1, -0.05) is 13.3 Å². The van der Waals surface area contributed by atoms with E-state index < -0.39 is 11.7 Å². The number of alkyl halides is 3. The van der Waals surface area contributed by atoms with Crippen molar-refractivity contribution in [3.05, 3.63) is 69.9 Å². The molecule has 0 unspecified atom stereocenters. The minimum Gasteiger partial charge on any atom is -0.368 e. The molecule has 0 saturated carbocycles. The van der Waals surface area contributed by atoms with E-state index in [4.69, 9.17) is 0 Å². The van der Waals surface area contributed by atoms with Gasteiger partial charge in [-0.05, 0) is 49.2 Å².